The van der Waals surface area contributed by atoms with Gasteiger partial charge in [-0.3, -0.25) is 9.59 Å². The Morgan fingerprint density at radius 2 is 0.785 bits per heavy atom. The highest BCUT2D eigenvalue weighted by Gasteiger charge is 2.19. The zero-order chi connectivity index (χ0) is 47.2. The topological polar surface area (TPSA) is 95.9 Å². The van der Waals surface area contributed by atoms with Gasteiger partial charge in [-0.15, -0.1) is 0 Å². The van der Waals surface area contributed by atoms with Gasteiger partial charge in [-0.05, 0) is 77.0 Å². The lowest BCUT2D eigenvalue weighted by Gasteiger charge is -2.22. The van der Waals surface area contributed by atoms with Crippen LogP contribution in [0.25, 0.3) is 0 Å². The van der Waals surface area contributed by atoms with E-state index in [1.165, 1.54) is 193 Å². The van der Waals surface area contributed by atoms with Gasteiger partial charge in [0.25, 0.3) is 0 Å². The Morgan fingerprint density at radius 3 is 1.23 bits per heavy atom. The lowest BCUT2D eigenvalue weighted by atomic mass is 10.0. The smallest absolute Gasteiger partial charge is 0.305 e. The fraction of sp³-hybridized carbons (Fsp3) is 0.831. The monoisotopic (exact) mass is 912 g/mol. The molecule has 0 heterocycles. The van der Waals surface area contributed by atoms with Gasteiger partial charge in [0.05, 0.1) is 25.4 Å². The Balaban J connectivity index is 3.53. The number of aliphatic hydroxyl groups excluding tert-OH is 2. The number of nitrogens with one attached hydrogen (secondary N) is 1. The van der Waals surface area contributed by atoms with E-state index >= 15 is 0 Å². The van der Waals surface area contributed by atoms with Crippen molar-refractivity contribution in [2.75, 3.05) is 13.2 Å². The molecule has 3 N–H and O–H groups in total. The molecule has 0 aliphatic rings. The van der Waals surface area contributed by atoms with E-state index in [1.54, 1.807) is 0 Å². The van der Waals surface area contributed by atoms with Crippen LogP contribution in [-0.4, -0.2) is 47.4 Å². The van der Waals surface area contributed by atoms with Crippen LogP contribution in [0.1, 0.15) is 290 Å². The number of hydrogen-bond donors (Lipinski definition) is 3. The molecule has 0 spiro atoms. The highest BCUT2D eigenvalue weighted by Crippen LogP contribution is 2.16. The van der Waals surface area contributed by atoms with Gasteiger partial charge < -0.3 is 20.3 Å². The Kier molecular flexibility index (Phi) is 52.6. The Labute approximate surface area is 404 Å². The lowest BCUT2D eigenvalue weighted by molar-refractivity contribution is -0.143. The second-order valence-corrected chi connectivity index (χ2v) is 19.3. The number of hydrogen-bond acceptors (Lipinski definition) is 5. The fourth-order valence-electron chi connectivity index (χ4n) is 8.48. The first-order valence-electron chi connectivity index (χ1n) is 28.4. The maximum Gasteiger partial charge on any atom is 0.305 e. The summed E-state index contributed by atoms with van der Waals surface area (Å²) in [5.41, 5.74) is 0. The van der Waals surface area contributed by atoms with Crippen molar-refractivity contribution in [2.45, 2.75) is 302 Å². The molecule has 0 aliphatic carbocycles. The lowest BCUT2D eigenvalue weighted by Crippen LogP contribution is -2.45. The average molecular weight is 913 g/mol. The van der Waals surface area contributed by atoms with Crippen LogP contribution in [0.15, 0.2) is 48.6 Å². The predicted octanol–water partition coefficient (Wildman–Crippen LogP) is 17.4. The summed E-state index contributed by atoms with van der Waals surface area (Å²) >= 11 is 0. The third-order valence-corrected chi connectivity index (χ3v) is 12.9. The van der Waals surface area contributed by atoms with Crippen LogP contribution in [0.4, 0.5) is 0 Å². The fourth-order valence-corrected chi connectivity index (χ4v) is 8.48. The largest absolute Gasteiger partial charge is 0.466 e. The van der Waals surface area contributed by atoms with Crippen molar-refractivity contribution in [3.63, 3.8) is 0 Å². The van der Waals surface area contributed by atoms with Gasteiger partial charge in [-0.2, -0.15) is 0 Å². The Hall–Kier alpha value is -2.18. The summed E-state index contributed by atoms with van der Waals surface area (Å²) in [4.78, 5) is 24.5. The molecule has 0 aromatic heterocycles. The van der Waals surface area contributed by atoms with E-state index in [4.69, 9.17) is 4.74 Å². The van der Waals surface area contributed by atoms with Crippen LogP contribution in [0.2, 0.25) is 0 Å². The van der Waals surface area contributed by atoms with E-state index in [1.807, 2.05) is 6.08 Å². The summed E-state index contributed by atoms with van der Waals surface area (Å²) in [6.45, 7) is 4.87. The Morgan fingerprint density at radius 1 is 0.431 bits per heavy atom. The third kappa shape index (κ3) is 51.1. The predicted molar refractivity (Wildman–Crippen MR) is 282 cm³/mol. The molecule has 0 rings (SSSR count). The number of esters is 1. The van der Waals surface area contributed by atoms with Crippen LogP contribution in [0.3, 0.4) is 0 Å². The van der Waals surface area contributed by atoms with Gasteiger partial charge in [0, 0.05) is 12.8 Å². The first-order chi connectivity index (χ1) is 32.0. The average Bonchev–Trinajstić information content (AvgIpc) is 3.31. The highest BCUT2D eigenvalue weighted by molar-refractivity contribution is 5.76. The van der Waals surface area contributed by atoms with E-state index in [0.717, 1.165) is 57.8 Å². The number of ether oxygens (including phenoxy) is 1. The molecule has 2 unspecified atom stereocenters. The molecule has 0 aliphatic heterocycles. The van der Waals surface area contributed by atoms with E-state index in [9.17, 15) is 19.8 Å². The standard InChI is InChI=1S/C59H109NO5/c1-3-5-7-9-11-13-15-17-19-21-22-23-25-29-33-37-41-45-49-53-59(64)65-54-50-46-42-38-34-30-26-28-32-36-40-44-48-52-58(63)60-56(55-61)57(62)51-47-43-39-35-31-27-24-20-18-16-14-12-10-8-6-4-2/h11,13,17,19,28,32,40,44,56-57,61-62H,3-10,12,14-16,18,20-27,29-31,33-39,41-43,45-55H2,1-2H3,(H,60,63)/b13-11-,19-17-,32-28-,44-40-. The molecule has 6 nitrogen and oxygen atoms in total. The number of carbonyl (C=O) groups excluding carboxylic acids is 2. The van der Waals surface area contributed by atoms with Crippen molar-refractivity contribution in [1.29, 1.82) is 0 Å². The minimum absolute atomic E-state index is 0.0210. The van der Waals surface area contributed by atoms with Gasteiger partial charge in [0.15, 0.2) is 0 Å². The zero-order valence-corrected chi connectivity index (χ0v) is 43.2. The number of amides is 1. The molecule has 380 valence electrons. The molecule has 1 amide bonds. The van der Waals surface area contributed by atoms with Gasteiger partial charge >= 0.3 is 5.97 Å². The van der Waals surface area contributed by atoms with E-state index in [2.05, 4.69) is 61.7 Å². The van der Waals surface area contributed by atoms with E-state index in [-0.39, 0.29) is 18.5 Å². The van der Waals surface area contributed by atoms with Crippen LogP contribution in [0.5, 0.6) is 0 Å². The molecule has 0 radical (unpaired) electrons. The van der Waals surface area contributed by atoms with Crippen LogP contribution < -0.4 is 5.32 Å². The number of aliphatic hydroxyl groups is 2. The van der Waals surface area contributed by atoms with Crippen molar-refractivity contribution >= 4 is 11.9 Å². The SMILES string of the molecule is CCCCC/C=C\C/C=C\CCCCCCCCCCCC(=O)OCCCCCCCC/C=C\C/C=C\CCC(=O)NC(CO)C(O)CCCCCCCCCCCCCCCCCC. The van der Waals surface area contributed by atoms with Crippen molar-refractivity contribution in [1.82, 2.24) is 5.32 Å². The summed E-state index contributed by atoms with van der Waals surface area (Å²) in [6, 6.07) is -0.587. The highest BCUT2D eigenvalue weighted by atomic mass is 16.5. The number of allylic oxidation sites excluding steroid dienone is 8. The summed E-state index contributed by atoms with van der Waals surface area (Å²) in [5.74, 6) is -0.136. The minimum atomic E-state index is -0.700. The maximum absolute atomic E-state index is 12.4. The van der Waals surface area contributed by atoms with Crippen LogP contribution >= 0.6 is 0 Å². The first-order valence-corrected chi connectivity index (χ1v) is 28.4. The zero-order valence-electron chi connectivity index (χ0n) is 43.2. The molecule has 65 heavy (non-hydrogen) atoms. The molecule has 2 atom stereocenters. The second kappa shape index (κ2) is 54.4. The molecular formula is C59H109NO5. The van der Waals surface area contributed by atoms with E-state index in [0.29, 0.717) is 32.3 Å². The molecule has 0 bridgehead atoms. The van der Waals surface area contributed by atoms with Crippen molar-refractivity contribution in [2.24, 2.45) is 0 Å². The van der Waals surface area contributed by atoms with Crippen molar-refractivity contribution in [3.05, 3.63) is 48.6 Å². The number of rotatable bonds is 52. The summed E-state index contributed by atoms with van der Waals surface area (Å²) in [5, 5.41) is 23.2. The molecule has 0 aromatic carbocycles. The van der Waals surface area contributed by atoms with E-state index < -0.39 is 12.1 Å². The molecule has 0 aromatic rings. The summed E-state index contributed by atoms with van der Waals surface area (Å²) in [6.07, 6.45) is 68.2. The first kappa shape index (κ1) is 62.8. The normalized spacial score (nSPS) is 13.0. The van der Waals surface area contributed by atoms with Gasteiger partial charge in [0.2, 0.25) is 5.91 Å². The molecular weight excluding hydrogens is 803 g/mol. The van der Waals surface area contributed by atoms with Crippen molar-refractivity contribution in [3.8, 4) is 0 Å². The minimum Gasteiger partial charge on any atom is -0.466 e. The second-order valence-electron chi connectivity index (χ2n) is 19.3. The number of carbonyl (C=O) groups is 2. The molecule has 0 saturated heterocycles. The van der Waals surface area contributed by atoms with Gasteiger partial charge in [0.1, 0.15) is 0 Å². The van der Waals surface area contributed by atoms with Gasteiger partial charge in [-0.25, -0.2) is 0 Å². The van der Waals surface area contributed by atoms with Crippen molar-refractivity contribution < 1.29 is 24.5 Å². The Bertz CT molecular complexity index is 1100. The summed E-state index contributed by atoms with van der Waals surface area (Å²) in [7, 11) is 0. The molecule has 6 heteroatoms. The molecule has 0 fully saturated rings. The maximum atomic E-state index is 12.4. The van der Waals surface area contributed by atoms with Crippen LogP contribution in [0, 0.1) is 0 Å². The van der Waals surface area contributed by atoms with Gasteiger partial charge in [-0.1, -0.05) is 249 Å². The summed E-state index contributed by atoms with van der Waals surface area (Å²) < 4.78 is 5.47. The third-order valence-electron chi connectivity index (χ3n) is 12.9. The molecule has 0 saturated carbocycles. The quantitative estimate of drug-likeness (QED) is 0.0321. The van der Waals surface area contributed by atoms with Crippen LogP contribution in [-0.2, 0) is 14.3 Å². The number of unbranched alkanes of at least 4 members (excludes halogenated alkanes) is 33.